The summed E-state index contributed by atoms with van der Waals surface area (Å²) < 4.78 is 6.07. The Balaban J connectivity index is 0.00000442. The number of ether oxygens (including phenoxy) is 1. The average Bonchev–Trinajstić information content (AvgIpc) is 3.44. The summed E-state index contributed by atoms with van der Waals surface area (Å²) in [6.45, 7) is 8.46. The summed E-state index contributed by atoms with van der Waals surface area (Å²) in [6.07, 6.45) is 2.08. The molecule has 243 valence electrons. The Morgan fingerprint density at radius 3 is 2.05 bits per heavy atom. The van der Waals surface area contributed by atoms with Crippen molar-refractivity contribution in [3.63, 3.8) is 0 Å². The largest absolute Gasteiger partial charge is 0.643 e. The van der Waals surface area contributed by atoms with Gasteiger partial charge in [-0.3, -0.25) is 5.32 Å². The molecule has 4 aliphatic heterocycles. The summed E-state index contributed by atoms with van der Waals surface area (Å²) in [5, 5.41) is 26.1. The van der Waals surface area contributed by atoms with Gasteiger partial charge in [0.15, 0.2) is 0 Å². The van der Waals surface area contributed by atoms with E-state index >= 15 is 0 Å². The van der Waals surface area contributed by atoms with Crippen molar-refractivity contribution in [3.8, 4) is 0 Å². The van der Waals surface area contributed by atoms with Gasteiger partial charge in [-0.2, -0.15) is 11.8 Å². The van der Waals surface area contributed by atoms with Gasteiger partial charge in [-0.15, -0.1) is 11.4 Å². The number of hydrogen-bond acceptors (Lipinski definition) is 8. The fraction of sp³-hybridized carbons (Fsp3) is 0.621. The van der Waals surface area contributed by atoms with Gasteiger partial charge < -0.3 is 55.8 Å². The van der Waals surface area contributed by atoms with Crippen LogP contribution in [0, 0.1) is 5.41 Å². The molecule has 5 rings (SSSR count). The number of hydrogen-bond donors (Lipinski definition) is 3. The number of carbonyl (C=O) groups is 5. The summed E-state index contributed by atoms with van der Waals surface area (Å²) in [5.74, 6) is -2.21. The zero-order valence-electron chi connectivity index (χ0n) is 25.4. The molecule has 0 saturated carbocycles. The minimum absolute atomic E-state index is 0. The van der Waals surface area contributed by atoms with E-state index in [1.807, 2.05) is 11.8 Å². The molecule has 0 spiro atoms. The Hall–Kier alpha value is -2.85. The molecule has 1 radical (unpaired) electrons. The monoisotopic (exact) mass is 670 g/mol. The number of thioether (sulfide) groups is 1. The van der Waals surface area contributed by atoms with E-state index in [2.05, 4.69) is 37.2 Å². The zero-order valence-corrected chi connectivity index (χ0v) is 27.3. The van der Waals surface area contributed by atoms with Crippen LogP contribution in [0.15, 0.2) is 18.2 Å². The average molecular weight is 671 g/mol. The molecule has 15 heteroatoms. The van der Waals surface area contributed by atoms with Crippen LogP contribution in [0.25, 0.3) is 21.3 Å². The first-order valence-corrected chi connectivity index (χ1v) is 15.4. The number of urea groups is 1. The van der Waals surface area contributed by atoms with Crippen molar-refractivity contribution in [3.05, 3.63) is 45.0 Å². The van der Waals surface area contributed by atoms with E-state index in [0.29, 0.717) is 10.8 Å². The molecule has 0 bridgehead atoms. The second-order valence-electron chi connectivity index (χ2n) is 12.9. The van der Waals surface area contributed by atoms with Crippen LogP contribution in [-0.4, -0.2) is 70.1 Å². The van der Waals surface area contributed by atoms with Crippen LogP contribution >= 0.6 is 11.8 Å². The number of fused-ring (bicyclic) bond motifs is 2. The van der Waals surface area contributed by atoms with Crippen molar-refractivity contribution in [2.45, 2.75) is 102 Å². The molecular formula is C29H37CoN7O6S-4. The number of nitrogens with one attached hydrogen (secondary N) is 3. The molecule has 3 N–H and O–H groups in total. The van der Waals surface area contributed by atoms with Gasteiger partial charge in [-0.1, -0.05) is 57.0 Å². The van der Waals surface area contributed by atoms with Gasteiger partial charge in [0.25, 0.3) is 0 Å². The zero-order chi connectivity index (χ0) is 31.3. The van der Waals surface area contributed by atoms with Crippen LogP contribution in [-0.2, 0) is 40.7 Å². The quantitative estimate of drug-likeness (QED) is 0.303. The summed E-state index contributed by atoms with van der Waals surface area (Å²) in [4.78, 5) is 63.9. The first-order valence-electron chi connectivity index (χ1n) is 14.4. The molecule has 13 nitrogen and oxygen atoms in total. The number of amides is 6. The molecule has 0 aromatic heterocycles. The van der Waals surface area contributed by atoms with Gasteiger partial charge in [-0.25, -0.2) is 4.79 Å². The molecular weight excluding hydrogens is 633 g/mol. The van der Waals surface area contributed by atoms with Crippen LogP contribution in [0.1, 0.15) is 72.6 Å². The minimum atomic E-state index is -1.69. The second kappa shape index (κ2) is 12.5. The predicted octanol–water partition coefficient (Wildman–Crippen LogP) is 4.43. The van der Waals surface area contributed by atoms with Crippen molar-refractivity contribution >= 4 is 52.8 Å². The smallest absolute Gasteiger partial charge is 0.315 e. The third-order valence-electron chi connectivity index (χ3n) is 8.16. The van der Waals surface area contributed by atoms with Gasteiger partial charge in [-0.05, 0) is 38.7 Å². The molecule has 4 heterocycles. The third kappa shape index (κ3) is 6.86. The minimum Gasteiger partial charge on any atom is -0.643 e. The van der Waals surface area contributed by atoms with E-state index in [1.54, 1.807) is 18.2 Å². The Bertz CT molecular complexity index is 1350. The third-order valence-corrected chi connectivity index (χ3v) is 9.66. The van der Waals surface area contributed by atoms with E-state index in [0.717, 1.165) is 25.0 Å². The van der Waals surface area contributed by atoms with E-state index in [1.165, 1.54) is 41.5 Å². The molecule has 6 amide bonds. The van der Waals surface area contributed by atoms with Gasteiger partial charge in [0, 0.05) is 45.0 Å². The molecule has 4 aliphatic rings. The van der Waals surface area contributed by atoms with Gasteiger partial charge >= 0.3 is 6.03 Å². The topological polar surface area (TPSA) is 187 Å². The maximum absolute atomic E-state index is 13.3. The Morgan fingerprint density at radius 1 is 0.841 bits per heavy atom. The van der Waals surface area contributed by atoms with Crippen LogP contribution in [0.5, 0.6) is 0 Å². The molecule has 3 saturated heterocycles. The first kappa shape index (κ1) is 34.0. The number of nitrogens with zero attached hydrogens (tertiary/aromatic N) is 4. The summed E-state index contributed by atoms with van der Waals surface area (Å²) >= 11 is 1.88. The van der Waals surface area contributed by atoms with Crippen molar-refractivity contribution in [2.24, 2.45) is 5.41 Å². The molecule has 3 fully saturated rings. The molecule has 1 unspecified atom stereocenters. The van der Waals surface area contributed by atoms with Crippen molar-refractivity contribution in [1.82, 2.24) is 16.0 Å². The number of carbonyl (C=O) groups excluding carboxylic acids is 5. The van der Waals surface area contributed by atoms with Crippen molar-refractivity contribution in [2.75, 3.05) is 5.75 Å². The summed E-state index contributed by atoms with van der Waals surface area (Å²) in [7, 11) is 0. The number of rotatable bonds is 5. The fourth-order valence-corrected chi connectivity index (χ4v) is 6.71. The van der Waals surface area contributed by atoms with Gasteiger partial charge in [0.1, 0.15) is 12.5 Å². The molecule has 1 aromatic carbocycles. The Kier molecular flexibility index (Phi) is 9.67. The van der Waals surface area contributed by atoms with E-state index in [9.17, 15) is 24.0 Å². The Morgan fingerprint density at radius 2 is 1.43 bits per heavy atom. The van der Waals surface area contributed by atoms with E-state index in [-0.39, 0.29) is 52.5 Å². The molecule has 5 atom stereocenters. The molecule has 1 aromatic rings. The predicted molar refractivity (Wildman–Crippen MR) is 161 cm³/mol. The maximum atomic E-state index is 13.3. The maximum Gasteiger partial charge on any atom is 0.315 e. The van der Waals surface area contributed by atoms with Crippen molar-refractivity contribution in [1.29, 1.82) is 0 Å². The van der Waals surface area contributed by atoms with Gasteiger partial charge in [0.05, 0.1) is 23.9 Å². The summed E-state index contributed by atoms with van der Waals surface area (Å²) in [6, 6.07) is 5.17. The molecule has 44 heavy (non-hydrogen) atoms. The van der Waals surface area contributed by atoms with Crippen LogP contribution < -0.4 is 16.0 Å². The SMILES string of the molecule is CC1(C)[N-]C(=O)C(C)(C)C(=O)[N-]C(C)(C)C(=O)[N-]c2cc(C3N[C@@H](CCC[C@@H]4SC[C@@H]5NC(=O)N[C@@H]54)O3)ccc2[N-]C1=O.[Co]. The van der Waals surface area contributed by atoms with Crippen molar-refractivity contribution < 1.29 is 45.5 Å². The fourth-order valence-electron chi connectivity index (χ4n) is 5.17. The molecule has 0 aliphatic carbocycles. The van der Waals surface area contributed by atoms with Crippen LogP contribution in [0.3, 0.4) is 0 Å². The first-order chi connectivity index (χ1) is 20.1. The van der Waals surface area contributed by atoms with Gasteiger partial charge in [0.2, 0.25) is 0 Å². The van der Waals surface area contributed by atoms with E-state index < -0.39 is 46.3 Å². The van der Waals surface area contributed by atoms with Crippen LogP contribution in [0.2, 0.25) is 0 Å². The van der Waals surface area contributed by atoms with E-state index in [4.69, 9.17) is 4.74 Å². The second-order valence-corrected chi connectivity index (χ2v) is 14.2. The van der Waals surface area contributed by atoms with Crippen LogP contribution in [0.4, 0.5) is 16.2 Å². The number of benzene rings is 1. The normalized spacial score (nSPS) is 30.5. The summed E-state index contributed by atoms with van der Waals surface area (Å²) in [5.41, 5.74) is -3.92. The Labute approximate surface area is 271 Å². The standard InChI is InChI=1S/C29H41N7O6S.Co/c1-27(2)22(37)35-28(3,4)24(39)30-15-11-10-14(12-16(15)31-25(40)29(5,6)36-23(27)38)21-33-19(42-21)9-7-8-18-20-17(13-43-18)32-26(41)34-20;/h10-12,17-21,33H,7-9,13H2,1-6H3,(H6,30,31,32,34,35,36,37,38,39,40,41);/p-4/t17-,18-,19+,20-,21?;/m0./s1.